The minimum atomic E-state index is -1.00. The molecule has 5 atom stereocenters. The fourth-order valence-corrected chi connectivity index (χ4v) is 5.46. The van der Waals surface area contributed by atoms with Crippen LogP contribution in [0.25, 0.3) is 0 Å². The Morgan fingerprint density at radius 1 is 1.28 bits per heavy atom. The van der Waals surface area contributed by atoms with Crippen LogP contribution in [-0.4, -0.2) is 46.8 Å². The normalized spacial score (nSPS) is 34.2. The lowest BCUT2D eigenvalue weighted by Crippen LogP contribution is -2.40. The van der Waals surface area contributed by atoms with Crippen molar-refractivity contribution in [1.29, 1.82) is 0 Å². The molecule has 1 N–H and O–H groups in total. The predicted molar refractivity (Wildman–Crippen MR) is 106 cm³/mol. The van der Waals surface area contributed by atoms with E-state index in [1.807, 2.05) is 13.0 Å². The molecule has 7 heteroatoms. The van der Waals surface area contributed by atoms with Crippen molar-refractivity contribution < 1.29 is 19.5 Å². The lowest BCUT2D eigenvalue weighted by molar-refractivity contribution is -0.384. The Balaban J connectivity index is 1.51. The van der Waals surface area contributed by atoms with Gasteiger partial charge in [0.25, 0.3) is 5.69 Å². The quantitative estimate of drug-likeness (QED) is 0.476. The number of hydrogen-bond donors (Lipinski definition) is 1. The number of nitro benzene ring substituents is 1. The fourth-order valence-electron chi connectivity index (χ4n) is 5.46. The Morgan fingerprint density at radius 3 is 2.72 bits per heavy atom. The molecule has 1 saturated carbocycles. The van der Waals surface area contributed by atoms with Gasteiger partial charge in [0.1, 0.15) is 11.5 Å². The van der Waals surface area contributed by atoms with Crippen LogP contribution < -0.4 is 4.74 Å². The highest BCUT2D eigenvalue weighted by molar-refractivity contribution is 5.52. The highest BCUT2D eigenvalue weighted by Crippen LogP contribution is 2.50. The third kappa shape index (κ3) is 3.27. The molecule has 0 spiro atoms. The van der Waals surface area contributed by atoms with Gasteiger partial charge in [-0.1, -0.05) is 12.2 Å². The first kappa shape index (κ1) is 18.8. The van der Waals surface area contributed by atoms with Crippen molar-refractivity contribution in [2.45, 2.75) is 31.4 Å². The number of nitro groups is 1. The van der Waals surface area contributed by atoms with Crippen molar-refractivity contribution in [2.24, 2.45) is 17.8 Å². The number of fused-ring (bicyclic) bond motifs is 3. The van der Waals surface area contributed by atoms with Gasteiger partial charge in [-0.25, -0.2) is 0 Å². The second-order valence-electron chi connectivity index (χ2n) is 8.79. The lowest BCUT2D eigenvalue weighted by atomic mass is 9.79. The summed E-state index contributed by atoms with van der Waals surface area (Å²) in [6.45, 7) is 4.52. The van der Waals surface area contributed by atoms with Crippen molar-refractivity contribution >= 4 is 5.69 Å². The number of ether oxygens (including phenoxy) is 2. The van der Waals surface area contributed by atoms with Gasteiger partial charge in [0.2, 0.25) is 0 Å². The molecule has 2 fully saturated rings. The van der Waals surface area contributed by atoms with Crippen LogP contribution in [0.3, 0.4) is 0 Å². The minimum absolute atomic E-state index is 0.0526. The van der Waals surface area contributed by atoms with Crippen LogP contribution in [0.4, 0.5) is 5.69 Å². The molecule has 1 aromatic rings. The van der Waals surface area contributed by atoms with E-state index in [9.17, 15) is 15.2 Å². The number of aliphatic hydroxyl groups is 1. The first-order chi connectivity index (χ1) is 13.9. The number of allylic oxidation sites excluding steroid dienone is 2. The highest BCUT2D eigenvalue weighted by Gasteiger charge is 2.46. The van der Waals surface area contributed by atoms with Crippen molar-refractivity contribution in [1.82, 2.24) is 4.90 Å². The van der Waals surface area contributed by atoms with E-state index in [0.717, 1.165) is 18.4 Å². The third-order valence-electron chi connectivity index (χ3n) is 6.87. The van der Waals surface area contributed by atoms with Gasteiger partial charge < -0.3 is 14.6 Å². The summed E-state index contributed by atoms with van der Waals surface area (Å²) in [4.78, 5) is 13.2. The summed E-state index contributed by atoms with van der Waals surface area (Å²) in [5, 5.41) is 22.7. The molecule has 0 unspecified atom stereocenters. The van der Waals surface area contributed by atoms with Crippen LogP contribution in [0.15, 0.2) is 42.2 Å². The van der Waals surface area contributed by atoms with Crippen molar-refractivity contribution in [3.8, 4) is 5.75 Å². The standard InChI is InChI=1S/C22H26N2O5/c1-22(25,18-11-14-2-3-15(18)10-14)13-20-21(23-6-8-28-9-7-23)17-12-16(24(26)27)4-5-19(17)29-20/h2-5,12-15,18,21,25H,6-11H2,1H3/b20-13+/t14-,15-,18+,21-,22-/m0/s1. The largest absolute Gasteiger partial charge is 0.460 e. The van der Waals surface area contributed by atoms with E-state index in [-0.39, 0.29) is 22.6 Å². The van der Waals surface area contributed by atoms with E-state index in [0.29, 0.717) is 49.6 Å². The van der Waals surface area contributed by atoms with Gasteiger partial charge in [0.15, 0.2) is 0 Å². The molecule has 2 heterocycles. The van der Waals surface area contributed by atoms with Gasteiger partial charge in [-0.2, -0.15) is 0 Å². The number of benzene rings is 1. The molecule has 2 bridgehead atoms. The highest BCUT2D eigenvalue weighted by atomic mass is 16.6. The van der Waals surface area contributed by atoms with Gasteiger partial charge in [0.05, 0.1) is 29.8 Å². The topological polar surface area (TPSA) is 85.1 Å². The van der Waals surface area contributed by atoms with E-state index < -0.39 is 5.60 Å². The molecular weight excluding hydrogens is 372 g/mol. The number of rotatable bonds is 4. The number of nitrogens with zero attached hydrogens (tertiary/aromatic N) is 2. The SMILES string of the molecule is C[C@](O)(/C=C1/Oc2ccc([N+](=O)[O-])cc2[C@@H]1N1CCOCC1)[C@@H]1C[C@H]2C=C[C@H]1C2. The average Bonchev–Trinajstić information content (AvgIpc) is 3.41. The Bertz CT molecular complexity index is 887. The van der Waals surface area contributed by atoms with Crippen LogP contribution >= 0.6 is 0 Å². The maximum atomic E-state index is 11.4. The number of hydrogen-bond acceptors (Lipinski definition) is 6. The number of non-ortho nitro benzene ring substituents is 1. The Labute approximate surface area is 169 Å². The molecular formula is C22H26N2O5. The van der Waals surface area contributed by atoms with E-state index >= 15 is 0 Å². The fraction of sp³-hybridized carbons (Fsp3) is 0.545. The summed E-state index contributed by atoms with van der Waals surface area (Å²) in [7, 11) is 0. The van der Waals surface area contributed by atoms with Gasteiger partial charge in [-0.15, -0.1) is 0 Å². The van der Waals surface area contributed by atoms with E-state index in [1.165, 1.54) is 6.07 Å². The summed E-state index contributed by atoms with van der Waals surface area (Å²) in [6.07, 6.45) is 8.46. The van der Waals surface area contributed by atoms with Crippen molar-refractivity contribution in [3.63, 3.8) is 0 Å². The molecule has 4 aliphatic rings. The van der Waals surface area contributed by atoms with E-state index in [2.05, 4.69) is 17.1 Å². The molecule has 7 nitrogen and oxygen atoms in total. The maximum Gasteiger partial charge on any atom is 0.270 e. The van der Waals surface area contributed by atoms with Crippen molar-refractivity contribution in [2.75, 3.05) is 26.3 Å². The molecule has 1 saturated heterocycles. The van der Waals surface area contributed by atoms with Crippen LogP contribution in [0.1, 0.15) is 31.4 Å². The monoisotopic (exact) mass is 398 g/mol. The van der Waals surface area contributed by atoms with E-state index in [4.69, 9.17) is 9.47 Å². The molecule has 0 radical (unpaired) electrons. The van der Waals surface area contributed by atoms with Gasteiger partial charge in [-0.3, -0.25) is 15.0 Å². The molecule has 2 aliphatic heterocycles. The zero-order chi connectivity index (χ0) is 20.2. The summed E-state index contributed by atoms with van der Waals surface area (Å²) in [6, 6.07) is 4.49. The molecule has 29 heavy (non-hydrogen) atoms. The second kappa shape index (κ2) is 6.93. The van der Waals surface area contributed by atoms with Gasteiger partial charge >= 0.3 is 0 Å². The summed E-state index contributed by atoms with van der Waals surface area (Å²) < 4.78 is 11.7. The lowest BCUT2D eigenvalue weighted by Gasteiger charge is -2.35. The predicted octanol–water partition coefficient (Wildman–Crippen LogP) is 3.21. The van der Waals surface area contributed by atoms with Crippen LogP contribution in [0, 0.1) is 27.9 Å². The molecule has 0 amide bonds. The van der Waals surface area contributed by atoms with Gasteiger partial charge in [0, 0.05) is 30.8 Å². The van der Waals surface area contributed by atoms with Crippen LogP contribution in [-0.2, 0) is 4.74 Å². The zero-order valence-corrected chi connectivity index (χ0v) is 16.5. The average molecular weight is 398 g/mol. The summed E-state index contributed by atoms with van der Waals surface area (Å²) >= 11 is 0. The van der Waals surface area contributed by atoms with Crippen LogP contribution in [0.2, 0.25) is 0 Å². The first-order valence-corrected chi connectivity index (χ1v) is 10.3. The summed E-state index contributed by atoms with van der Waals surface area (Å²) in [5.74, 6) is 2.42. The van der Waals surface area contributed by atoms with Crippen LogP contribution in [0.5, 0.6) is 5.75 Å². The second-order valence-corrected chi connectivity index (χ2v) is 8.79. The molecule has 0 aromatic heterocycles. The van der Waals surface area contributed by atoms with Gasteiger partial charge in [-0.05, 0) is 49.7 Å². The van der Waals surface area contributed by atoms with Crippen molar-refractivity contribution in [3.05, 3.63) is 57.9 Å². The smallest absolute Gasteiger partial charge is 0.270 e. The summed E-state index contributed by atoms with van der Waals surface area (Å²) in [5.41, 5.74) is -0.161. The first-order valence-electron chi connectivity index (χ1n) is 10.3. The minimum Gasteiger partial charge on any atom is -0.460 e. The van der Waals surface area contributed by atoms with E-state index in [1.54, 1.807) is 12.1 Å². The number of morpholine rings is 1. The molecule has 154 valence electrons. The third-order valence-corrected chi connectivity index (χ3v) is 6.87. The molecule has 2 aliphatic carbocycles. The zero-order valence-electron chi connectivity index (χ0n) is 16.5. The Morgan fingerprint density at radius 2 is 2.07 bits per heavy atom. The Hall–Kier alpha value is -2.22. The Kier molecular flexibility index (Phi) is 4.49. The maximum absolute atomic E-state index is 11.4. The molecule has 5 rings (SSSR count). The molecule has 1 aromatic carbocycles.